The van der Waals surface area contributed by atoms with Gasteiger partial charge in [0.2, 0.25) is 0 Å². The first-order valence-corrected chi connectivity index (χ1v) is 7.28. The molecule has 6 nitrogen and oxygen atoms in total. The summed E-state index contributed by atoms with van der Waals surface area (Å²) in [4.78, 5) is 10.2. The highest BCUT2D eigenvalue weighted by Gasteiger charge is 2.12. The molecule has 0 amide bonds. The molecule has 0 fully saturated rings. The van der Waals surface area contributed by atoms with E-state index in [9.17, 15) is 13.2 Å². The molecule has 106 valence electrons. The van der Waals surface area contributed by atoms with Gasteiger partial charge < -0.3 is 9.84 Å². The Morgan fingerprint density at radius 3 is 2.42 bits per heavy atom. The summed E-state index contributed by atoms with van der Waals surface area (Å²) < 4.78 is 32.8. The third-order valence-corrected chi connectivity index (χ3v) is 3.35. The molecule has 1 rings (SSSR count). The molecule has 0 spiro atoms. The van der Waals surface area contributed by atoms with Gasteiger partial charge in [-0.3, -0.25) is 8.98 Å². The minimum Gasteiger partial charge on any atom is -0.481 e. The van der Waals surface area contributed by atoms with Crippen LogP contribution in [0, 0.1) is 0 Å². The smallest absolute Gasteiger partial charge is 0.305 e. The van der Waals surface area contributed by atoms with Crippen molar-refractivity contribution in [3.63, 3.8) is 0 Å². The highest BCUT2D eigenvalue weighted by molar-refractivity contribution is 7.85. The van der Waals surface area contributed by atoms with Crippen LogP contribution in [0.1, 0.15) is 12.0 Å². The van der Waals surface area contributed by atoms with Gasteiger partial charge in [-0.15, -0.1) is 0 Å². The standard InChI is InChI=1S/C12H16O6S/c13-12(14)6-7-17-8-9-18-19(15,16)10-11-4-2-1-3-5-11/h1-5H,6-10H2,(H,13,14). The lowest BCUT2D eigenvalue weighted by atomic mass is 10.2. The van der Waals surface area contributed by atoms with Gasteiger partial charge in [0.05, 0.1) is 26.2 Å². The molecule has 0 aliphatic rings. The van der Waals surface area contributed by atoms with Crippen molar-refractivity contribution < 1.29 is 27.2 Å². The van der Waals surface area contributed by atoms with Gasteiger partial charge in [-0.05, 0) is 5.56 Å². The fourth-order valence-corrected chi connectivity index (χ4v) is 2.31. The lowest BCUT2D eigenvalue weighted by Gasteiger charge is -2.06. The molecule has 0 radical (unpaired) electrons. The van der Waals surface area contributed by atoms with Crippen LogP contribution in [-0.4, -0.2) is 39.3 Å². The second-order valence-electron chi connectivity index (χ2n) is 3.77. The van der Waals surface area contributed by atoms with Crippen molar-refractivity contribution in [3.8, 4) is 0 Å². The molecule has 19 heavy (non-hydrogen) atoms. The Balaban J connectivity index is 2.22. The Labute approximate surface area is 112 Å². The number of hydrogen-bond acceptors (Lipinski definition) is 5. The number of aliphatic carboxylic acids is 1. The second-order valence-corrected chi connectivity index (χ2v) is 5.41. The molecule has 7 heteroatoms. The van der Waals surface area contributed by atoms with Gasteiger partial charge in [0.15, 0.2) is 0 Å². The lowest BCUT2D eigenvalue weighted by molar-refractivity contribution is -0.138. The van der Waals surface area contributed by atoms with E-state index in [-0.39, 0.29) is 32.0 Å². The first-order chi connectivity index (χ1) is 8.99. The van der Waals surface area contributed by atoms with E-state index in [2.05, 4.69) is 0 Å². The van der Waals surface area contributed by atoms with Crippen molar-refractivity contribution in [2.24, 2.45) is 0 Å². The van der Waals surface area contributed by atoms with Gasteiger partial charge in [0.25, 0.3) is 10.1 Å². The Morgan fingerprint density at radius 2 is 1.79 bits per heavy atom. The fourth-order valence-electron chi connectivity index (χ4n) is 1.30. The van der Waals surface area contributed by atoms with Crippen LogP contribution in [-0.2, 0) is 29.6 Å². The van der Waals surface area contributed by atoms with Crippen LogP contribution in [0.3, 0.4) is 0 Å². The average Bonchev–Trinajstić information content (AvgIpc) is 2.34. The van der Waals surface area contributed by atoms with Crippen LogP contribution >= 0.6 is 0 Å². The molecule has 0 bridgehead atoms. The Morgan fingerprint density at radius 1 is 1.11 bits per heavy atom. The third kappa shape index (κ3) is 7.55. The largest absolute Gasteiger partial charge is 0.481 e. The molecule has 1 aromatic rings. The number of rotatable bonds is 9. The summed E-state index contributed by atoms with van der Waals surface area (Å²) in [5.41, 5.74) is 0.647. The van der Waals surface area contributed by atoms with Crippen LogP contribution in [0.5, 0.6) is 0 Å². The first-order valence-electron chi connectivity index (χ1n) is 5.70. The van der Waals surface area contributed by atoms with Crippen LogP contribution in [0.15, 0.2) is 30.3 Å². The molecule has 0 saturated carbocycles. The quantitative estimate of drug-likeness (QED) is 0.539. The molecular formula is C12H16O6S. The number of carboxylic acid groups (broad SMARTS) is 1. The van der Waals surface area contributed by atoms with Gasteiger partial charge in [-0.25, -0.2) is 0 Å². The lowest BCUT2D eigenvalue weighted by Crippen LogP contribution is -2.14. The van der Waals surface area contributed by atoms with Gasteiger partial charge >= 0.3 is 5.97 Å². The monoisotopic (exact) mass is 288 g/mol. The van der Waals surface area contributed by atoms with Crippen molar-refractivity contribution in [1.82, 2.24) is 0 Å². The van der Waals surface area contributed by atoms with Crippen molar-refractivity contribution in [1.29, 1.82) is 0 Å². The normalized spacial score (nSPS) is 11.4. The summed E-state index contributed by atoms with van der Waals surface area (Å²) in [5, 5.41) is 8.36. The zero-order chi connectivity index (χ0) is 14.1. The molecule has 0 saturated heterocycles. The molecule has 0 aliphatic heterocycles. The van der Waals surface area contributed by atoms with Crippen molar-refractivity contribution in [2.75, 3.05) is 19.8 Å². The van der Waals surface area contributed by atoms with Gasteiger partial charge in [-0.1, -0.05) is 30.3 Å². The average molecular weight is 288 g/mol. The minimum absolute atomic E-state index is 0.0391. The van der Waals surface area contributed by atoms with Gasteiger partial charge in [0, 0.05) is 0 Å². The molecule has 0 unspecified atom stereocenters. The van der Waals surface area contributed by atoms with Gasteiger partial charge in [-0.2, -0.15) is 8.42 Å². The molecule has 0 heterocycles. The van der Waals surface area contributed by atoms with E-state index in [1.54, 1.807) is 30.3 Å². The third-order valence-electron chi connectivity index (χ3n) is 2.14. The van der Waals surface area contributed by atoms with E-state index in [1.807, 2.05) is 0 Å². The second kappa shape index (κ2) is 7.88. The summed E-state index contributed by atoms with van der Waals surface area (Å²) >= 11 is 0. The maximum atomic E-state index is 11.6. The molecule has 1 N–H and O–H groups in total. The highest BCUT2D eigenvalue weighted by Crippen LogP contribution is 2.06. The Hall–Kier alpha value is -1.44. The highest BCUT2D eigenvalue weighted by atomic mass is 32.2. The van der Waals surface area contributed by atoms with Crippen LogP contribution in [0.25, 0.3) is 0 Å². The molecule has 0 aromatic heterocycles. The summed E-state index contributed by atoms with van der Waals surface area (Å²) in [6.07, 6.45) is -0.114. The Kier molecular flexibility index (Phi) is 6.48. The SMILES string of the molecule is O=C(O)CCOCCOS(=O)(=O)Cc1ccccc1. The summed E-state index contributed by atoms with van der Waals surface area (Å²) in [6, 6.07) is 8.70. The number of hydrogen-bond donors (Lipinski definition) is 1. The van der Waals surface area contributed by atoms with Crippen molar-refractivity contribution in [2.45, 2.75) is 12.2 Å². The number of carboxylic acids is 1. The van der Waals surface area contributed by atoms with E-state index in [1.165, 1.54) is 0 Å². The predicted octanol–water partition coefficient (Wildman–Crippen LogP) is 1.02. The molecule has 0 atom stereocenters. The zero-order valence-electron chi connectivity index (χ0n) is 10.3. The van der Waals surface area contributed by atoms with E-state index < -0.39 is 16.1 Å². The maximum Gasteiger partial charge on any atom is 0.305 e. The summed E-state index contributed by atoms with van der Waals surface area (Å²) in [7, 11) is -3.63. The van der Waals surface area contributed by atoms with E-state index >= 15 is 0 Å². The topological polar surface area (TPSA) is 89.9 Å². The predicted molar refractivity (Wildman–Crippen MR) is 68.1 cm³/mol. The number of ether oxygens (including phenoxy) is 1. The molecule has 0 aliphatic carbocycles. The molecular weight excluding hydrogens is 272 g/mol. The number of carbonyl (C=O) groups is 1. The van der Waals surface area contributed by atoms with Gasteiger partial charge in [0.1, 0.15) is 5.75 Å². The summed E-state index contributed by atoms with van der Waals surface area (Å²) in [6.45, 7) is -0.0342. The van der Waals surface area contributed by atoms with Crippen LogP contribution in [0.4, 0.5) is 0 Å². The zero-order valence-corrected chi connectivity index (χ0v) is 11.1. The maximum absolute atomic E-state index is 11.6. The first kappa shape index (κ1) is 15.6. The Bertz CT molecular complexity index is 482. The molecule has 1 aromatic carbocycles. The van der Waals surface area contributed by atoms with Crippen LogP contribution < -0.4 is 0 Å². The van der Waals surface area contributed by atoms with E-state index in [0.29, 0.717) is 5.56 Å². The number of benzene rings is 1. The minimum atomic E-state index is -3.63. The van der Waals surface area contributed by atoms with Crippen molar-refractivity contribution in [3.05, 3.63) is 35.9 Å². The van der Waals surface area contributed by atoms with Crippen molar-refractivity contribution >= 4 is 16.1 Å². The van der Waals surface area contributed by atoms with E-state index in [4.69, 9.17) is 14.0 Å². The van der Waals surface area contributed by atoms with Crippen LogP contribution in [0.2, 0.25) is 0 Å². The van der Waals surface area contributed by atoms with E-state index in [0.717, 1.165) is 0 Å². The summed E-state index contributed by atoms with van der Waals surface area (Å²) in [5.74, 6) is -1.15. The fraction of sp³-hybridized carbons (Fsp3) is 0.417.